The van der Waals surface area contributed by atoms with E-state index in [4.69, 9.17) is 14.0 Å². The van der Waals surface area contributed by atoms with Crippen LogP contribution >= 0.6 is 0 Å². The molecule has 4 heterocycles. The molecule has 2 aromatic heterocycles. The zero-order valence-corrected chi connectivity index (χ0v) is 25.2. The zero-order valence-electron chi connectivity index (χ0n) is 25.2. The third-order valence-electron chi connectivity index (χ3n) is 8.29. The smallest absolute Gasteiger partial charge is 0.276 e. The van der Waals surface area contributed by atoms with Crippen LogP contribution in [0.15, 0.2) is 34.9 Å². The van der Waals surface area contributed by atoms with Crippen molar-refractivity contribution in [3.63, 3.8) is 0 Å². The fraction of sp³-hybridized carbons (Fsp3) is 0.548. The maximum absolute atomic E-state index is 14.3. The number of aryl methyl sites for hydroxylation is 3. The van der Waals surface area contributed by atoms with Gasteiger partial charge in [-0.3, -0.25) is 19.2 Å². The molecule has 3 aromatic rings. The lowest BCUT2D eigenvalue weighted by Crippen LogP contribution is -2.45. The van der Waals surface area contributed by atoms with E-state index >= 15 is 0 Å². The van der Waals surface area contributed by atoms with Crippen molar-refractivity contribution in [2.75, 3.05) is 58.0 Å². The van der Waals surface area contributed by atoms with Crippen molar-refractivity contribution in [1.82, 2.24) is 24.7 Å². The number of para-hydroxylation sites is 1. The molecule has 11 heteroatoms. The molecule has 0 bridgehead atoms. The summed E-state index contributed by atoms with van der Waals surface area (Å²) in [5, 5.41) is 8.84. The van der Waals surface area contributed by atoms with Crippen LogP contribution in [0.5, 0.6) is 0 Å². The first-order valence-corrected chi connectivity index (χ1v) is 14.8. The highest BCUT2D eigenvalue weighted by molar-refractivity contribution is 5.96. The number of amides is 2. The van der Waals surface area contributed by atoms with E-state index in [1.165, 1.54) is 7.11 Å². The molecule has 42 heavy (non-hydrogen) atoms. The lowest BCUT2D eigenvalue weighted by molar-refractivity contribution is -0.122. The number of carbonyl (C=O) groups is 2. The van der Waals surface area contributed by atoms with E-state index in [0.29, 0.717) is 50.2 Å². The highest BCUT2D eigenvalue weighted by atomic mass is 16.5. The van der Waals surface area contributed by atoms with E-state index in [-0.39, 0.29) is 18.4 Å². The maximum Gasteiger partial charge on any atom is 0.276 e. The molecule has 5 rings (SSSR count). The van der Waals surface area contributed by atoms with Crippen LogP contribution in [0.3, 0.4) is 0 Å². The fourth-order valence-electron chi connectivity index (χ4n) is 6.04. The Balaban J connectivity index is 1.49. The van der Waals surface area contributed by atoms with Gasteiger partial charge >= 0.3 is 0 Å². The number of rotatable bonds is 6. The Morgan fingerprint density at radius 3 is 2.57 bits per heavy atom. The van der Waals surface area contributed by atoms with Gasteiger partial charge in [-0.05, 0) is 57.7 Å². The molecule has 1 aromatic carbocycles. The molecule has 0 spiro atoms. The van der Waals surface area contributed by atoms with Crippen LogP contribution in [0, 0.1) is 20.8 Å². The zero-order chi connectivity index (χ0) is 29.6. The van der Waals surface area contributed by atoms with E-state index < -0.39 is 0 Å². The van der Waals surface area contributed by atoms with Crippen LogP contribution in [0.4, 0.5) is 5.69 Å². The largest absolute Gasteiger partial charge is 0.381 e. The van der Waals surface area contributed by atoms with E-state index in [9.17, 15) is 9.59 Å². The molecule has 2 aliphatic rings. The Morgan fingerprint density at radius 2 is 1.83 bits per heavy atom. The number of hydrogen-bond donors (Lipinski definition) is 0. The normalized spacial score (nSPS) is 17.6. The van der Waals surface area contributed by atoms with Crippen molar-refractivity contribution in [1.29, 1.82) is 0 Å². The number of hydrogen-bond acceptors (Lipinski definition) is 8. The van der Waals surface area contributed by atoms with Crippen molar-refractivity contribution in [3.8, 4) is 0 Å². The molecule has 0 saturated carbocycles. The highest BCUT2D eigenvalue weighted by Crippen LogP contribution is 2.26. The molecular weight excluding hydrogens is 536 g/mol. The summed E-state index contributed by atoms with van der Waals surface area (Å²) in [6, 6.07) is 10.2. The number of ether oxygens (including phenoxy) is 2. The van der Waals surface area contributed by atoms with Crippen LogP contribution in [0.25, 0.3) is 0 Å². The Hall–Kier alpha value is -3.54. The number of nitrogens with zero attached hydrogens (tertiary/aromatic N) is 6. The summed E-state index contributed by atoms with van der Waals surface area (Å²) in [6.07, 6.45) is 2.72. The molecule has 2 amide bonds. The third kappa shape index (κ3) is 6.74. The van der Waals surface area contributed by atoms with Gasteiger partial charge in [0.05, 0.1) is 12.2 Å². The van der Waals surface area contributed by atoms with Crippen LogP contribution in [0.1, 0.15) is 58.0 Å². The summed E-state index contributed by atoms with van der Waals surface area (Å²) in [5.74, 6) is 0.308. The summed E-state index contributed by atoms with van der Waals surface area (Å²) in [7, 11) is 1.53. The van der Waals surface area contributed by atoms with Crippen molar-refractivity contribution < 1.29 is 23.6 Å². The predicted octanol–water partition coefficient (Wildman–Crippen LogP) is 3.35. The Kier molecular flexibility index (Phi) is 9.71. The molecule has 0 N–H and O–H groups in total. The summed E-state index contributed by atoms with van der Waals surface area (Å²) in [5.41, 5.74) is 4.65. The second-order valence-electron chi connectivity index (χ2n) is 11.2. The maximum atomic E-state index is 14.3. The predicted molar refractivity (Wildman–Crippen MR) is 157 cm³/mol. The second-order valence-corrected chi connectivity index (χ2v) is 11.2. The summed E-state index contributed by atoms with van der Waals surface area (Å²) in [6.45, 7) is 10.6. The van der Waals surface area contributed by atoms with E-state index in [2.05, 4.69) is 15.2 Å². The minimum atomic E-state index is -0.195. The van der Waals surface area contributed by atoms with Gasteiger partial charge in [0.25, 0.3) is 11.8 Å². The van der Waals surface area contributed by atoms with Crippen molar-refractivity contribution in [2.45, 2.75) is 59.2 Å². The Labute approximate surface area is 247 Å². The molecule has 11 nitrogen and oxygen atoms in total. The van der Waals surface area contributed by atoms with Gasteiger partial charge < -0.3 is 23.8 Å². The lowest BCUT2D eigenvalue weighted by Gasteiger charge is -2.35. The van der Waals surface area contributed by atoms with Crippen LogP contribution in [-0.2, 0) is 27.4 Å². The third-order valence-corrected chi connectivity index (χ3v) is 8.29. The molecule has 1 saturated heterocycles. The summed E-state index contributed by atoms with van der Waals surface area (Å²) >= 11 is 0. The van der Waals surface area contributed by atoms with Gasteiger partial charge in [0, 0.05) is 76.0 Å². The van der Waals surface area contributed by atoms with Crippen LogP contribution in [-0.4, -0.2) is 95.7 Å². The average Bonchev–Trinajstić information content (AvgIpc) is 3.50. The number of aromatic nitrogens is 3. The van der Waals surface area contributed by atoms with Crippen molar-refractivity contribution >= 4 is 17.5 Å². The van der Waals surface area contributed by atoms with Crippen LogP contribution < -0.4 is 4.90 Å². The quantitative estimate of drug-likeness (QED) is 0.439. The van der Waals surface area contributed by atoms with E-state index in [0.717, 1.165) is 67.2 Å². The molecule has 0 atom stereocenters. The van der Waals surface area contributed by atoms with Gasteiger partial charge in [-0.2, -0.15) is 5.10 Å². The second kappa shape index (κ2) is 13.6. The van der Waals surface area contributed by atoms with Gasteiger partial charge in [-0.1, -0.05) is 23.4 Å². The molecule has 1 fully saturated rings. The lowest BCUT2D eigenvalue weighted by atomic mass is 10.1. The minimum Gasteiger partial charge on any atom is -0.381 e. The molecule has 0 unspecified atom stereocenters. The number of anilines is 1. The Morgan fingerprint density at radius 1 is 1.05 bits per heavy atom. The Bertz CT molecular complexity index is 1380. The van der Waals surface area contributed by atoms with E-state index in [1.807, 2.05) is 65.6 Å². The number of fused-ring (bicyclic) bond motifs is 1. The topological polar surface area (TPSA) is 106 Å². The molecular formula is C31H42N6O5. The van der Waals surface area contributed by atoms with Gasteiger partial charge in [0.2, 0.25) is 0 Å². The molecule has 0 radical (unpaired) electrons. The van der Waals surface area contributed by atoms with Crippen molar-refractivity contribution in [3.05, 3.63) is 64.3 Å². The number of carbonyl (C=O) groups excluding carboxylic acids is 2. The minimum absolute atomic E-state index is 0.00540. The van der Waals surface area contributed by atoms with Gasteiger partial charge in [0.1, 0.15) is 12.4 Å². The van der Waals surface area contributed by atoms with Crippen LogP contribution in [0.2, 0.25) is 0 Å². The first-order valence-electron chi connectivity index (χ1n) is 14.8. The highest BCUT2D eigenvalue weighted by Gasteiger charge is 2.30. The van der Waals surface area contributed by atoms with Gasteiger partial charge in [0.15, 0.2) is 5.69 Å². The molecule has 2 aliphatic heterocycles. The van der Waals surface area contributed by atoms with Gasteiger partial charge in [-0.25, -0.2) is 0 Å². The molecule has 0 aliphatic carbocycles. The van der Waals surface area contributed by atoms with Crippen molar-refractivity contribution in [2.24, 2.45) is 0 Å². The summed E-state index contributed by atoms with van der Waals surface area (Å²) in [4.78, 5) is 33.7. The average molecular weight is 579 g/mol. The van der Waals surface area contributed by atoms with E-state index in [1.54, 1.807) is 0 Å². The summed E-state index contributed by atoms with van der Waals surface area (Å²) < 4.78 is 18.3. The fourth-order valence-corrected chi connectivity index (χ4v) is 6.04. The van der Waals surface area contributed by atoms with Gasteiger partial charge in [-0.15, -0.1) is 0 Å². The first-order chi connectivity index (χ1) is 20.4. The standard InChI is InChI=1S/C31H42N6O5/c1-22-18-23(2)37(32-22)20-27-24(3)42-33-30(27)31(39)35-15-14-34(26-10-16-41-17-11-26)12-7-13-36(29(38)21-40-4)28-9-6-5-8-25(28)19-35/h5-6,8-9,18,26H,7,10-17,19-21H2,1-4H3. The first kappa shape index (κ1) is 29.9. The number of benzene rings is 1. The molecule has 226 valence electrons. The number of methoxy groups -OCH3 is 1. The SMILES string of the molecule is COCC(=O)N1CCCN(C2CCOCC2)CCN(C(=O)c2noc(C)c2Cn2nc(C)cc2C)Cc2ccccc21. The monoisotopic (exact) mass is 578 g/mol.